The first-order chi connectivity index (χ1) is 13.9. The molecule has 1 aliphatic rings. The van der Waals surface area contributed by atoms with E-state index in [1.54, 1.807) is 24.7 Å². The lowest BCUT2D eigenvalue weighted by atomic mass is 9.92. The van der Waals surface area contributed by atoms with Crippen molar-refractivity contribution in [2.75, 3.05) is 37.0 Å². The van der Waals surface area contributed by atoms with Crippen LogP contribution in [0.5, 0.6) is 0 Å². The molecule has 3 aromatic rings. The Morgan fingerprint density at radius 1 is 1.21 bits per heavy atom. The van der Waals surface area contributed by atoms with Crippen molar-refractivity contribution in [3.63, 3.8) is 0 Å². The number of rotatable bonds is 4. The Kier molecular flexibility index (Phi) is 5.41. The number of H-pyrrole nitrogens is 1. The number of imidazole rings is 1. The Morgan fingerprint density at radius 3 is 2.59 bits per heavy atom. The molecule has 0 unspecified atom stereocenters. The number of halogens is 2. The van der Waals surface area contributed by atoms with Crippen molar-refractivity contribution < 1.29 is 4.39 Å². The number of hydrogen-bond acceptors (Lipinski definition) is 5. The van der Waals surface area contributed by atoms with Crippen LogP contribution in [0.2, 0.25) is 5.02 Å². The molecule has 0 radical (unpaired) electrons. The largest absolute Gasteiger partial charge is 0.356 e. The van der Waals surface area contributed by atoms with Gasteiger partial charge in [0.05, 0.1) is 17.0 Å². The summed E-state index contributed by atoms with van der Waals surface area (Å²) in [6, 6.07) is 4.74. The summed E-state index contributed by atoms with van der Waals surface area (Å²) in [5.74, 6) is 1.50. The molecule has 1 N–H and O–H groups in total. The lowest BCUT2D eigenvalue weighted by Crippen LogP contribution is -2.34. The van der Waals surface area contributed by atoms with E-state index in [-0.39, 0.29) is 5.02 Å². The maximum atomic E-state index is 13.7. The van der Waals surface area contributed by atoms with E-state index in [1.165, 1.54) is 6.07 Å². The van der Waals surface area contributed by atoms with Crippen molar-refractivity contribution in [2.24, 2.45) is 0 Å². The van der Waals surface area contributed by atoms with Crippen LogP contribution in [0.3, 0.4) is 0 Å². The molecule has 1 fully saturated rings. The fraction of sp³-hybridized carbons (Fsp3) is 0.381. The lowest BCUT2D eigenvalue weighted by molar-refractivity contribution is 0.493. The quantitative estimate of drug-likeness (QED) is 0.684. The van der Waals surface area contributed by atoms with Crippen LogP contribution in [0.4, 0.5) is 16.2 Å². The van der Waals surface area contributed by atoms with Crippen molar-refractivity contribution >= 4 is 23.4 Å². The van der Waals surface area contributed by atoms with Gasteiger partial charge in [0, 0.05) is 50.6 Å². The normalized spacial score (nSPS) is 15.0. The Labute approximate surface area is 174 Å². The minimum atomic E-state index is -0.432. The molecule has 0 amide bonds. The maximum Gasteiger partial charge on any atom is 0.226 e. The Morgan fingerprint density at radius 2 is 1.97 bits per heavy atom. The Bertz CT molecular complexity index is 1010. The summed E-state index contributed by atoms with van der Waals surface area (Å²) in [6.07, 6.45) is 5.56. The van der Waals surface area contributed by atoms with Crippen LogP contribution in [-0.2, 0) is 0 Å². The number of piperidine rings is 1. The highest BCUT2D eigenvalue weighted by Gasteiger charge is 2.26. The Hall–Kier alpha value is -2.67. The first kappa shape index (κ1) is 19.6. The topological polar surface area (TPSA) is 60.9 Å². The van der Waals surface area contributed by atoms with E-state index in [1.807, 2.05) is 19.0 Å². The molecule has 1 aliphatic heterocycles. The average Bonchev–Trinajstić information content (AvgIpc) is 3.15. The third kappa shape index (κ3) is 3.92. The fourth-order valence-corrected chi connectivity index (χ4v) is 4.01. The van der Waals surface area contributed by atoms with Gasteiger partial charge in [0.1, 0.15) is 11.6 Å². The van der Waals surface area contributed by atoms with Crippen LogP contribution >= 0.6 is 11.6 Å². The number of aryl methyl sites for hydroxylation is 1. The maximum absolute atomic E-state index is 13.7. The molecule has 8 heteroatoms. The van der Waals surface area contributed by atoms with Gasteiger partial charge in [0.15, 0.2) is 0 Å². The zero-order valence-electron chi connectivity index (χ0n) is 16.8. The second-order valence-corrected chi connectivity index (χ2v) is 8.01. The molecule has 1 saturated heterocycles. The predicted molar refractivity (Wildman–Crippen MR) is 114 cm³/mol. The van der Waals surface area contributed by atoms with E-state index in [4.69, 9.17) is 16.6 Å². The van der Waals surface area contributed by atoms with Gasteiger partial charge in [-0.2, -0.15) is 4.98 Å². The second-order valence-electron chi connectivity index (χ2n) is 7.60. The molecule has 4 rings (SSSR count). The van der Waals surface area contributed by atoms with Crippen molar-refractivity contribution in [3.05, 3.63) is 53.0 Å². The minimum absolute atomic E-state index is 0.0952. The van der Waals surface area contributed by atoms with Crippen LogP contribution in [0.15, 0.2) is 30.7 Å². The number of anilines is 2. The van der Waals surface area contributed by atoms with Crippen molar-refractivity contribution in [1.29, 1.82) is 0 Å². The van der Waals surface area contributed by atoms with Crippen molar-refractivity contribution in [3.8, 4) is 11.1 Å². The fourth-order valence-electron chi connectivity index (χ4n) is 3.83. The van der Waals surface area contributed by atoms with Crippen molar-refractivity contribution in [1.82, 2.24) is 19.9 Å². The van der Waals surface area contributed by atoms with Crippen LogP contribution in [0.25, 0.3) is 11.1 Å². The highest BCUT2D eigenvalue weighted by atomic mass is 35.5. The predicted octanol–water partition coefficient (Wildman–Crippen LogP) is 4.42. The summed E-state index contributed by atoms with van der Waals surface area (Å²) in [6.45, 7) is 3.80. The first-order valence-electron chi connectivity index (χ1n) is 9.68. The molecule has 2 aromatic heterocycles. The smallest absolute Gasteiger partial charge is 0.226 e. The van der Waals surface area contributed by atoms with Crippen molar-refractivity contribution in [2.45, 2.75) is 25.7 Å². The summed E-state index contributed by atoms with van der Waals surface area (Å²) in [5.41, 5.74) is 3.96. The molecule has 6 nitrogen and oxygen atoms in total. The van der Waals surface area contributed by atoms with E-state index < -0.39 is 5.82 Å². The highest BCUT2D eigenvalue weighted by Crippen LogP contribution is 2.36. The number of nitrogens with zero attached hydrogens (tertiary/aromatic N) is 5. The van der Waals surface area contributed by atoms with Gasteiger partial charge in [-0.15, -0.1) is 0 Å². The van der Waals surface area contributed by atoms with E-state index in [2.05, 4.69) is 26.8 Å². The molecule has 29 heavy (non-hydrogen) atoms. The minimum Gasteiger partial charge on any atom is -0.356 e. The molecule has 0 atom stereocenters. The zero-order chi connectivity index (χ0) is 20.5. The molecule has 3 heterocycles. The van der Waals surface area contributed by atoms with Crippen LogP contribution < -0.4 is 9.80 Å². The molecular formula is C21H24ClFN6. The van der Waals surface area contributed by atoms with Crippen LogP contribution in [0.1, 0.15) is 30.1 Å². The van der Waals surface area contributed by atoms with Gasteiger partial charge in [0.2, 0.25) is 5.95 Å². The van der Waals surface area contributed by atoms with Crippen LogP contribution in [-0.4, -0.2) is 47.1 Å². The third-order valence-corrected chi connectivity index (χ3v) is 5.73. The van der Waals surface area contributed by atoms with Gasteiger partial charge in [0.25, 0.3) is 0 Å². The number of benzene rings is 1. The summed E-state index contributed by atoms with van der Waals surface area (Å²) < 4.78 is 13.7. The molecule has 0 saturated carbocycles. The van der Waals surface area contributed by atoms with E-state index >= 15 is 0 Å². The highest BCUT2D eigenvalue weighted by molar-refractivity contribution is 6.31. The van der Waals surface area contributed by atoms with Gasteiger partial charge in [-0.3, -0.25) is 0 Å². The number of aromatic amines is 1. The van der Waals surface area contributed by atoms with E-state index in [9.17, 15) is 4.39 Å². The number of nitrogens with one attached hydrogen (secondary N) is 1. The molecule has 0 spiro atoms. The van der Waals surface area contributed by atoms with Crippen LogP contribution in [0, 0.1) is 12.7 Å². The lowest BCUT2D eigenvalue weighted by Gasteiger charge is -2.34. The summed E-state index contributed by atoms with van der Waals surface area (Å²) >= 11 is 6.03. The number of aromatic nitrogens is 4. The standard InChI is InChI=1S/C21H24ClFN6/c1-13-19(26-12-25-13)14-6-8-29(9-7-14)20-16(11-24-21(27-20)28(2)3)15-4-5-18(23)17(22)10-15/h4-5,10-12,14H,6-9H2,1-3H3,(H,25,26). The molecule has 0 aliphatic carbocycles. The second kappa shape index (κ2) is 7.99. The van der Waals surface area contributed by atoms with Gasteiger partial charge in [-0.1, -0.05) is 17.7 Å². The molecule has 1 aromatic carbocycles. The molecular weight excluding hydrogens is 391 g/mol. The monoisotopic (exact) mass is 414 g/mol. The molecule has 0 bridgehead atoms. The SMILES string of the molecule is Cc1[nH]cnc1C1CCN(c2nc(N(C)C)ncc2-c2ccc(F)c(Cl)c2)CC1. The summed E-state index contributed by atoms with van der Waals surface area (Å²) in [4.78, 5) is 21.1. The van der Waals surface area contributed by atoms with Gasteiger partial charge in [-0.25, -0.2) is 14.4 Å². The third-order valence-electron chi connectivity index (χ3n) is 5.44. The Balaban J connectivity index is 1.65. The summed E-state index contributed by atoms with van der Waals surface area (Å²) in [7, 11) is 3.83. The number of hydrogen-bond donors (Lipinski definition) is 1. The van der Waals surface area contributed by atoms with Gasteiger partial charge < -0.3 is 14.8 Å². The van der Waals surface area contributed by atoms with E-state index in [0.717, 1.165) is 54.3 Å². The van der Waals surface area contributed by atoms with Gasteiger partial charge in [-0.05, 0) is 37.5 Å². The first-order valence-corrected chi connectivity index (χ1v) is 10.1. The average molecular weight is 415 g/mol. The van der Waals surface area contributed by atoms with E-state index in [0.29, 0.717) is 11.9 Å². The van der Waals surface area contributed by atoms with Gasteiger partial charge >= 0.3 is 0 Å². The summed E-state index contributed by atoms with van der Waals surface area (Å²) in [5, 5.41) is 0.0952. The molecule has 152 valence electrons. The zero-order valence-corrected chi connectivity index (χ0v) is 17.5.